The van der Waals surface area contributed by atoms with Crippen LogP contribution >= 0.6 is 15.9 Å². The smallest absolute Gasteiger partial charge is 0.275 e. The molecule has 1 heterocycles. The maximum Gasteiger partial charge on any atom is 0.275 e. The molecule has 1 fully saturated rings. The lowest BCUT2D eigenvalue weighted by Crippen LogP contribution is -2.48. The first-order valence-corrected chi connectivity index (χ1v) is 8.50. The Morgan fingerprint density at radius 2 is 2.17 bits per heavy atom. The van der Waals surface area contributed by atoms with Gasteiger partial charge in [-0.3, -0.25) is 9.59 Å². The van der Waals surface area contributed by atoms with Crippen molar-refractivity contribution in [2.24, 2.45) is 0 Å². The number of aromatic nitrogens is 2. The largest absolute Gasteiger partial charge is 0.393 e. The number of aliphatic hydroxyl groups excluding tert-OH is 2. The fraction of sp³-hybridized carbons (Fsp3) is 0.438. The lowest BCUT2D eigenvalue weighted by atomic mass is 9.89. The monoisotopic (exact) mass is 395 g/mol. The van der Waals surface area contributed by atoms with Crippen LogP contribution in [-0.2, 0) is 11.3 Å². The van der Waals surface area contributed by atoms with Gasteiger partial charge in [-0.15, -0.1) is 0 Å². The molecule has 24 heavy (non-hydrogen) atoms. The zero-order valence-corrected chi connectivity index (χ0v) is 14.7. The summed E-state index contributed by atoms with van der Waals surface area (Å²) in [5.74, 6) is -0.338. The number of carbonyl (C=O) groups excluding carboxylic acids is 1. The second-order valence-electron chi connectivity index (χ2n) is 6.10. The zero-order valence-electron chi connectivity index (χ0n) is 13.1. The molecule has 8 heteroatoms. The predicted octanol–water partition coefficient (Wildman–Crippen LogP) is 0.852. The molecule has 3 rings (SSSR count). The first-order valence-electron chi connectivity index (χ1n) is 7.71. The molecule has 1 saturated carbocycles. The van der Waals surface area contributed by atoms with Gasteiger partial charge in [0.25, 0.3) is 5.56 Å². The summed E-state index contributed by atoms with van der Waals surface area (Å²) in [6.07, 6.45) is -0.187. The molecule has 0 aliphatic heterocycles. The maximum atomic E-state index is 12.6. The van der Waals surface area contributed by atoms with Crippen molar-refractivity contribution in [3.05, 3.63) is 38.7 Å². The molecular weight excluding hydrogens is 378 g/mol. The number of aliphatic hydroxyl groups is 2. The summed E-state index contributed by atoms with van der Waals surface area (Å²) < 4.78 is 1.85. The van der Waals surface area contributed by atoms with Crippen LogP contribution in [0.2, 0.25) is 0 Å². The fourth-order valence-corrected chi connectivity index (χ4v) is 3.18. The Kier molecular flexibility index (Phi) is 4.71. The van der Waals surface area contributed by atoms with Crippen LogP contribution in [0.4, 0.5) is 0 Å². The summed E-state index contributed by atoms with van der Waals surface area (Å²) >= 11 is 3.34. The molecule has 7 nitrogen and oxygen atoms in total. The van der Waals surface area contributed by atoms with Gasteiger partial charge in [0, 0.05) is 15.9 Å². The minimum atomic E-state index is -0.876. The van der Waals surface area contributed by atoms with Crippen LogP contribution in [0, 0.1) is 0 Å². The third-order valence-electron chi connectivity index (χ3n) is 4.12. The van der Waals surface area contributed by atoms with E-state index in [9.17, 15) is 19.8 Å². The average molecular weight is 396 g/mol. The second kappa shape index (κ2) is 6.62. The number of carbonyl (C=O) groups is 1. The van der Waals surface area contributed by atoms with E-state index in [4.69, 9.17) is 0 Å². The Labute approximate surface area is 146 Å². The number of fused-ring (bicyclic) bond motifs is 1. The van der Waals surface area contributed by atoms with Crippen LogP contribution in [0.25, 0.3) is 10.8 Å². The molecule has 1 aromatic carbocycles. The number of amides is 1. The van der Waals surface area contributed by atoms with Crippen LogP contribution in [0.3, 0.4) is 0 Å². The number of nitrogens with one attached hydrogen (secondary N) is 1. The minimum absolute atomic E-state index is 0.0594. The highest BCUT2D eigenvalue weighted by atomic mass is 79.9. The molecule has 1 aliphatic carbocycles. The summed E-state index contributed by atoms with van der Waals surface area (Å²) in [5, 5.41) is 27.1. The van der Waals surface area contributed by atoms with Gasteiger partial charge < -0.3 is 15.5 Å². The molecule has 128 valence electrons. The number of rotatable bonds is 4. The van der Waals surface area contributed by atoms with E-state index in [2.05, 4.69) is 26.3 Å². The van der Waals surface area contributed by atoms with E-state index in [1.54, 1.807) is 25.1 Å². The standard InChI is InChI=1S/C16H18BrN3O4/c1-8(21)15-13-4-9(17)2-3-12(13)16(24)20(19-15)7-14(23)18-10-5-11(22)6-10/h2-4,8,10-11,21-22H,5-7H2,1H3,(H,18,23). The minimum Gasteiger partial charge on any atom is -0.393 e. The van der Waals surface area contributed by atoms with E-state index in [0.29, 0.717) is 29.3 Å². The molecule has 3 N–H and O–H groups in total. The van der Waals surface area contributed by atoms with Crippen molar-refractivity contribution in [2.45, 2.75) is 44.6 Å². The highest BCUT2D eigenvalue weighted by Crippen LogP contribution is 2.23. The zero-order chi connectivity index (χ0) is 17.4. The van der Waals surface area contributed by atoms with Crippen LogP contribution in [0.1, 0.15) is 31.6 Å². The SMILES string of the molecule is CC(O)c1nn(CC(=O)NC2CC(O)C2)c(=O)c2ccc(Br)cc12. The van der Waals surface area contributed by atoms with Crippen molar-refractivity contribution in [1.82, 2.24) is 15.1 Å². The van der Waals surface area contributed by atoms with Crippen molar-refractivity contribution in [3.63, 3.8) is 0 Å². The van der Waals surface area contributed by atoms with Crippen molar-refractivity contribution in [1.29, 1.82) is 0 Å². The summed E-state index contributed by atoms with van der Waals surface area (Å²) in [5.41, 5.74) is -0.0385. The van der Waals surface area contributed by atoms with Gasteiger partial charge in [-0.1, -0.05) is 15.9 Å². The third kappa shape index (κ3) is 3.35. The molecule has 1 unspecified atom stereocenters. The van der Waals surface area contributed by atoms with E-state index in [1.165, 1.54) is 0 Å². The second-order valence-corrected chi connectivity index (χ2v) is 7.02. The van der Waals surface area contributed by atoms with Gasteiger partial charge >= 0.3 is 0 Å². The average Bonchev–Trinajstić information content (AvgIpc) is 2.48. The molecule has 1 amide bonds. The Morgan fingerprint density at radius 3 is 2.79 bits per heavy atom. The van der Waals surface area contributed by atoms with Crippen LogP contribution in [0.15, 0.2) is 27.5 Å². The van der Waals surface area contributed by atoms with E-state index in [1.807, 2.05) is 0 Å². The number of benzene rings is 1. The van der Waals surface area contributed by atoms with Crippen molar-refractivity contribution in [2.75, 3.05) is 0 Å². The van der Waals surface area contributed by atoms with Crippen LogP contribution in [-0.4, -0.2) is 38.0 Å². The number of hydrogen-bond acceptors (Lipinski definition) is 5. The van der Waals surface area contributed by atoms with Crippen molar-refractivity contribution < 1.29 is 15.0 Å². The molecule has 1 aliphatic rings. The van der Waals surface area contributed by atoms with E-state index in [-0.39, 0.29) is 30.2 Å². The molecule has 2 aromatic rings. The maximum absolute atomic E-state index is 12.6. The molecule has 1 aromatic heterocycles. The van der Waals surface area contributed by atoms with E-state index >= 15 is 0 Å². The molecule has 0 spiro atoms. The van der Waals surface area contributed by atoms with E-state index < -0.39 is 6.10 Å². The lowest BCUT2D eigenvalue weighted by Gasteiger charge is -2.31. The van der Waals surface area contributed by atoms with Gasteiger partial charge in [0.1, 0.15) is 6.54 Å². The predicted molar refractivity (Wildman–Crippen MR) is 91.5 cm³/mol. The Hall–Kier alpha value is -1.77. The van der Waals surface area contributed by atoms with Gasteiger partial charge in [0.15, 0.2) is 0 Å². The van der Waals surface area contributed by atoms with Gasteiger partial charge in [0.05, 0.1) is 23.3 Å². The van der Waals surface area contributed by atoms with Gasteiger partial charge in [-0.05, 0) is 38.0 Å². The Balaban J connectivity index is 1.93. The topological polar surface area (TPSA) is 104 Å². The Bertz CT molecular complexity index is 843. The quantitative estimate of drug-likeness (QED) is 0.711. The fourth-order valence-electron chi connectivity index (χ4n) is 2.81. The normalized spacial score (nSPS) is 21.3. The van der Waals surface area contributed by atoms with Gasteiger partial charge in [0.2, 0.25) is 5.91 Å². The summed E-state index contributed by atoms with van der Waals surface area (Å²) in [6.45, 7) is 1.34. The molecular formula is C16H18BrN3O4. The molecule has 0 radical (unpaired) electrons. The first-order chi connectivity index (χ1) is 11.3. The summed E-state index contributed by atoms with van der Waals surface area (Å²) in [4.78, 5) is 24.6. The number of hydrogen-bond donors (Lipinski definition) is 3. The van der Waals surface area contributed by atoms with Crippen LogP contribution in [0.5, 0.6) is 0 Å². The first kappa shape index (κ1) is 17.1. The van der Waals surface area contributed by atoms with E-state index in [0.717, 1.165) is 9.15 Å². The van der Waals surface area contributed by atoms with Gasteiger partial charge in [-0.2, -0.15) is 5.10 Å². The Morgan fingerprint density at radius 1 is 1.46 bits per heavy atom. The highest BCUT2D eigenvalue weighted by Gasteiger charge is 2.28. The third-order valence-corrected chi connectivity index (χ3v) is 4.61. The molecule has 1 atom stereocenters. The van der Waals surface area contributed by atoms with Crippen LogP contribution < -0.4 is 10.9 Å². The molecule has 0 bridgehead atoms. The number of nitrogens with zero attached hydrogens (tertiary/aromatic N) is 2. The summed E-state index contributed by atoms with van der Waals surface area (Å²) in [7, 11) is 0. The van der Waals surface area contributed by atoms with Crippen molar-refractivity contribution in [3.8, 4) is 0 Å². The van der Waals surface area contributed by atoms with Crippen molar-refractivity contribution >= 4 is 32.6 Å². The number of halogens is 1. The lowest BCUT2D eigenvalue weighted by molar-refractivity contribution is -0.124. The summed E-state index contributed by atoms with van der Waals surface area (Å²) in [6, 6.07) is 5.05. The van der Waals surface area contributed by atoms with Gasteiger partial charge in [-0.25, -0.2) is 4.68 Å². The highest BCUT2D eigenvalue weighted by molar-refractivity contribution is 9.10. The molecule has 0 saturated heterocycles.